The Hall–Kier alpha value is -0.680. The molecule has 1 aliphatic heterocycles. The van der Waals surface area contributed by atoms with Crippen molar-refractivity contribution in [2.75, 3.05) is 26.2 Å². The van der Waals surface area contributed by atoms with E-state index in [0.717, 1.165) is 18.7 Å². The molecule has 0 spiro atoms. The second-order valence-corrected chi connectivity index (χ2v) is 5.77. The molecule has 1 aromatic carbocycles. The highest BCUT2D eigenvalue weighted by Gasteiger charge is 2.22. The fourth-order valence-electron chi connectivity index (χ4n) is 2.75. The molecule has 0 aliphatic carbocycles. The average Bonchev–Trinajstić information content (AvgIpc) is 2.93. The highest BCUT2D eigenvalue weighted by molar-refractivity contribution is 6.30. The zero-order chi connectivity index (χ0) is 14.5. The summed E-state index contributed by atoms with van der Waals surface area (Å²) in [5, 5.41) is 12.9. The van der Waals surface area contributed by atoms with E-state index in [1.807, 2.05) is 0 Å². The Morgan fingerprint density at radius 1 is 1.55 bits per heavy atom. The first-order valence-corrected chi connectivity index (χ1v) is 7.53. The molecule has 1 saturated heterocycles. The van der Waals surface area contributed by atoms with Crippen LogP contribution in [0.2, 0.25) is 5.02 Å². The van der Waals surface area contributed by atoms with E-state index in [0.29, 0.717) is 12.6 Å². The molecule has 0 radical (unpaired) electrons. The topological polar surface area (TPSA) is 35.5 Å². The van der Waals surface area contributed by atoms with E-state index in [4.69, 9.17) is 11.6 Å². The minimum absolute atomic E-state index is 0.0997. The molecule has 5 heteroatoms. The Balaban J connectivity index is 2.07. The van der Waals surface area contributed by atoms with E-state index in [1.165, 1.54) is 18.9 Å². The molecule has 1 aliphatic rings. The molecule has 1 heterocycles. The monoisotopic (exact) mass is 300 g/mol. The average molecular weight is 301 g/mol. The molecular formula is C15H22ClFN2O. The first kappa shape index (κ1) is 15.7. The van der Waals surface area contributed by atoms with Crippen LogP contribution < -0.4 is 5.32 Å². The van der Waals surface area contributed by atoms with Gasteiger partial charge in [0.05, 0.1) is 11.6 Å². The smallest absolute Gasteiger partial charge is 0.141 e. The molecule has 2 unspecified atom stereocenters. The first-order chi connectivity index (χ1) is 9.61. The van der Waals surface area contributed by atoms with Crippen molar-refractivity contribution in [2.24, 2.45) is 0 Å². The Morgan fingerprint density at radius 3 is 2.95 bits per heavy atom. The van der Waals surface area contributed by atoms with Crippen LogP contribution in [0.15, 0.2) is 18.2 Å². The summed E-state index contributed by atoms with van der Waals surface area (Å²) in [6, 6.07) is 5.41. The van der Waals surface area contributed by atoms with Gasteiger partial charge in [0.25, 0.3) is 0 Å². The molecule has 20 heavy (non-hydrogen) atoms. The highest BCUT2D eigenvalue weighted by atomic mass is 35.5. The van der Waals surface area contributed by atoms with Crippen LogP contribution in [0.4, 0.5) is 4.39 Å². The Labute approximate surface area is 124 Å². The largest absolute Gasteiger partial charge is 0.395 e. The molecule has 1 aromatic rings. The number of aliphatic hydroxyl groups is 1. The van der Waals surface area contributed by atoms with Gasteiger partial charge in [0.2, 0.25) is 0 Å². The number of nitrogens with zero attached hydrogens (tertiary/aromatic N) is 1. The van der Waals surface area contributed by atoms with Crippen LogP contribution in [0.25, 0.3) is 0 Å². The Bertz CT molecular complexity index is 438. The second-order valence-electron chi connectivity index (χ2n) is 5.36. The SMILES string of the molecule is CC(c1ccc(F)c(Cl)c1)N(CCO)CC1CCCN1. The van der Waals surface area contributed by atoms with Gasteiger partial charge in [-0.3, -0.25) is 4.90 Å². The lowest BCUT2D eigenvalue weighted by Crippen LogP contribution is -2.40. The van der Waals surface area contributed by atoms with Gasteiger partial charge in [-0.1, -0.05) is 17.7 Å². The second kappa shape index (κ2) is 7.36. The van der Waals surface area contributed by atoms with E-state index in [-0.39, 0.29) is 17.7 Å². The van der Waals surface area contributed by atoms with Gasteiger partial charge in [0, 0.05) is 25.2 Å². The Kier molecular flexibility index (Phi) is 5.78. The van der Waals surface area contributed by atoms with E-state index in [9.17, 15) is 9.50 Å². The van der Waals surface area contributed by atoms with Crippen molar-refractivity contribution in [1.82, 2.24) is 10.2 Å². The summed E-state index contributed by atoms with van der Waals surface area (Å²) in [4.78, 5) is 2.21. The molecule has 0 bridgehead atoms. The van der Waals surface area contributed by atoms with Crippen LogP contribution in [-0.4, -0.2) is 42.3 Å². The zero-order valence-corrected chi connectivity index (χ0v) is 12.5. The normalized spacial score (nSPS) is 20.6. The molecule has 3 nitrogen and oxygen atoms in total. The Morgan fingerprint density at radius 2 is 2.35 bits per heavy atom. The van der Waals surface area contributed by atoms with Crippen LogP contribution in [0, 0.1) is 5.82 Å². The lowest BCUT2D eigenvalue weighted by molar-refractivity contribution is 0.147. The lowest BCUT2D eigenvalue weighted by atomic mass is 10.1. The van der Waals surface area contributed by atoms with Crippen molar-refractivity contribution in [3.05, 3.63) is 34.6 Å². The molecule has 0 aromatic heterocycles. The third kappa shape index (κ3) is 3.92. The van der Waals surface area contributed by atoms with Crippen LogP contribution in [0.1, 0.15) is 31.4 Å². The van der Waals surface area contributed by atoms with Gasteiger partial charge in [-0.15, -0.1) is 0 Å². The minimum Gasteiger partial charge on any atom is -0.395 e. The molecule has 0 amide bonds. The maximum Gasteiger partial charge on any atom is 0.141 e. The molecule has 2 N–H and O–H groups in total. The van der Waals surface area contributed by atoms with Crippen LogP contribution in [0.5, 0.6) is 0 Å². The van der Waals surface area contributed by atoms with Gasteiger partial charge < -0.3 is 10.4 Å². The van der Waals surface area contributed by atoms with E-state index in [1.54, 1.807) is 12.1 Å². The lowest BCUT2D eigenvalue weighted by Gasteiger charge is -2.31. The number of hydrogen-bond donors (Lipinski definition) is 2. The van der Waals surface area contributed by atoms with Gasteiger partial charge >= 0.3 is 0 Å². The summed E-state index contributed by atoms with van der Waals surface area (Å²) in [7, 11) is 0. The van der Waals surface area contributed by atoms with Crippen molar-refractivity contribution >= 4 is 11.6 Å². The fraction of sp³-hybridized carbons (Fsp3) is 0.600. The van der Waals surface area contributed by atoms with Gasteiger partial charge in [-0.05, 0) is 44.0 Å². The zero-order valence-electron chi connectivity index (χ0n) is 11.8. The summed E-state index contributed by atoms with van der Waals surface area (Å²) >= 11 is 5.85. The van der Waals surface area contributed by atoms with Gasteiger partial charge in [-0.25, -0.2) is 4.39 Å². The van der Waals surface area contributed by atoms with Gasteiger partial charge in [0.1, 0.15) is 5.82 Å². The maximum atomic E-state index is 13.2. The van der Waals surface area contributed by atoms with E-state index in [2.05, 4.69) is 17.1 Å². The quantitative estimate of drug-likeness (QED) is 0.848. The number of halogens is 2. The van der Waals surface area contributed by atoms with Crippen molar-refractivity contribution in [3.8, 4) is 0 Å². The van der Waals surface area contributed by atoms with E-state index < -0.39 is 5.82 Å². The first-order valence-electron chi connectivity index (χ1n) is 7.15. The summed E-state index contributed by atoms with van der Waals surface area (Å²) in [5.74, 6) is -0.395. The number of hydrogen-bond acceptors (Lipinski definition) is 3. The maximum absolute atomic E-state index is 13.2. The number of rotatable bonds is 6. The van der Waals surface area contributed by atoms with Crippen molar-refractivity contribution in [3.63, 3.8) is 0 Å². The van der Waals surface area contributed by atoms with Crippen molar-refractivity contribution < 1.29 is 9.50 Å². The van der Waals surface area contributed by atoms with Crippen molar-refractivity contribution in [1.29, 1.82) is 0 Å². The van der Waals surface area contributed by atoms with Gasteiger partial charge in [0.15, 0.2) is 0 Å². The van der Waals surface area contributed by atoms with Crippen LogP contribution in [0.3, 0.4) is 0 Å². The summed E-state index contributed by atoms with van der Waals surface area (Å²) in [5.41, 5.74) is 0.975. The number of benzene rings is 1. The molecule has 1 fully saturated rings. The standard InChI is InChI=1S/C15H22ClFN2O/c1-11(12-4-5-15(17)14(16)9-12)19(7-8-20)10-13-3-2-6-18-13/h4-5,9,11,13,18,20H,2-3,6-8,10H2,1H3. The molecule has 2 rings (SSSR count). The number of nitrogens with one attached hydrogen (secondary N) is 1. The van der Waals surface area contributed by atoms with Crippen LogP contribution >= 0.6 is 11.6 Å². The summed E-state index contributed by atoms with van der Waals surface area (Å²) in [6.45, 7) is 4.74. The predicted octanol–water partition coefficient (Wildman–Crippen LogP) is 2.59. The molecule has 0 saturated carbocycles. The van der Waals surface area contributed by atoms with Crippen LogP contribution in [-0.2, 0) is 0 Å². The predicted molar refractivity (Wildman–Crippen MR) is 79.5 cm³/mol. The summed E-state index contributed by atoms with van der Waals surface area (Å²) in [6.07, 6.45) is 2.37. The van der Waals surface area contributed by atoms with Gasteiger partial charge in [-0.2, -0.15) is 0 Å². The fourth-order valence-corrected chi connectivity index (χ4v) is 2.94. The minimum atomic E-state index is -0.395. The highest BCUT2D eigenvalue weighted by Crippen LogP contribution is 2.25. The third-order valence-electron chi connectivity index (χ3n) is 3.98. The summed E-state index contributed by atoms with van der Waals surface area (Å²) < 4.78 is 13.2. The molecule has 2 atom stereocenters. The van der Waals surface area contributed by atoms with Crippen molar-refractivity contribution in [2.45, 2.75) is 31.8 Å². The molecule has 112 valence electrons. The van der Waals surface area contributed by atoms with E-state index >= 15 is 0 Å². The molecular weight excluding hydrogens is 279 g/mol. The third-order valence-corrected chi connectivity index (χ3v) is 4.27. The number of aliphatic hydroxyl groups excluding tert-OH is 1.